The summed E-state index contributed by atoms with van der Waals surface area (Å²) in [6.45, 7) is 4.78. The highest BCUT2D eigenvalue weighted by atomic mass is 35.7. The lowest BCUT2D eigenvalue weighted by atomic mass is 10.5. The van der Waals surface area contributed by atoms with Crippen LogP contribution in [0.1, 0.15) is 13.8 Å². The summed E-state index contributed by atoms with van der Waals surface area (Å²) in [7, 11) is 6.61. The van der Waals surface area contributed by atoms with Gasteiger partial charge in [0.25, 0.3) is 0 Å². The third kappa shape index (κ3) is 6.60. The molecule has 8 heavy (non-hydrogen) atoms. The third-order valence-corrected chi connectivity index (χ3v) is 1.40. The quantitative estimate of drug-likeness (QED) is 0.575. The van der Waals surface area contributed by atoms with E-state index in [-0.39, 0.29) is 0 Å². The van der Waals surface area contributed by atoms with Crippen LogP contribution in [0, 0.1) is 0 Å². The van der Waals surface area contributed by atoms with Crippen molar-refractivity contribution in [1.82, 2.24) is 0 Å². The summed E-state index contributed by atoms with van der Waals surface area (Å²) < 4.78 is 5.18. The molecule has 50 valence electrons. The van der Waals surface area contributed by atoms with Crippen LogP contribution in [-0.2, 0) is 4.74 Å². The van der Waals surface area contributed by atoms with Gasteiger partial charge >= 0.3 is 0 Å². The third-order valence-electron chi connectivity index (χ3n) is 0.612. The summed E-state index contributed by atoms with van der Waals surface area (Å²) >= 11 is 0. The maximum absolute atomic E-state index is 5.32. The summed E-state index contributed by atoms with van der Waals surface area (Å²) in [6.07, 6.45) is 0.332. The number of rotatable bonds is 4. The molecule has 0 atom stereocenters. The minimum absolute atomic E-state index is 0.332. The van der Waals surface area contributed by atoms with Gasteiger partial charge in [0, 0.05) is 5.75 Å². The average Bonchev–Trinajstić information content (AvgIpc) is 1.66. The molecule has 0 fully saturated rings. The van der Waals surface area contributed by atoms with Crippen LogP contribution < -0.4 is 0 Å². The van der Waals surface area contributed by atoms with Crippen LogP contribution in [0.2, 0.25) is 0 Å². The van der Waals surface area contributed by atoms with Gasteiger partial charge in [0.2, 0.25) is 0 Å². The van der Waals surface area contributed by atoms with Gasteiger partial charge in [-0.1, -0.05) is 11.0 Å². The first-order valence-electron chi connectivity index (χ1n) is 2.62. The molecule has 0 N–H and O–H groups in total. The van der Waals surface area contributed by atoms with Crippen molar-refractivity contribution < 1.29 is 4.74 Å². The highest BCUT2D eigenvalue weighted by Crippen LogP contribution is 2.04. The molecule has 0 rings (SSSR count). The van der Waals surface area contributed by atoms with E-state index in [4.69, 9.17) is 15.4 Å². The summed E-state index contributed by atoms with van der Waals surface area (Å²) in [4.78, 5) is 0. The number of ether oxygens (including phenoxy) is 1. The van der Waals surface area contributed by atoms with Crippen LogP contribution in [0.3, 0.4) is 0 Å². The molecular weight excluding hydrogens is 144 g/mol. The van der Waals surface area contributed by atoms with Crippen molar-refractivity contribution in [1.29, 1.82) is 0 Å². The van der Waals surface area contributed by atoms with Crippen molar-refractivity contribution in [3.63, 3.8) is 0 Å². The van der Waals surface area contributed by atoms with E-state index in [2.05, 4.69) is 0 Å². The summed E-state index contributed by atoms with van der Waals surface area (Å²) in [6, 6.07) is 0. The molecule has 0 saturated heterocycles. The van der Waals surface area contributed by atoms with E-state index in [9.17, 15) is 0 Å². The maximum atomic E-state index is 5.32. The van der Waals surface area contributed by atoms with Gasteiger partial charge in [-0.15, -0.1) is 0 Å². The zero-order valence-electron chi connectivity index (χ0n) is 5.19. The molecule has 0 bridgehead atoms. The van der Waals surface area contributed by atoms with Gasteiger partial charge in [-0.2, -0.15) is 0 Å². The lowest BCUT2D eigenvalue weighted by Gasteiger charge is -2.03. The second-order valence-electron chi connectivity index (χ2n) is 1.73. The second-order valence-corrected chi connectivity index (χ2v) is 3.01. The van der Waals surface area contributed by atoms with Gasteiger partial charge < -0.3 is 4.74 Å². The zero-order valence-corrected chi connectivity index (χ0v) is 6.76. The van der Waals surface area contributed by atoms with Gasteiger partial charge in [-0.05, 0) is 24.5 Å². The Hall–Kier alpha value is 0.600. The van der Waals surface area contributed by atoms with Crippen molar-refractivity contribution in [3.05, 3.63) is 0 Å². The lowest BCUT2D eigenvalue weighted by Crippen LogP contribution is -2.04. The van der Waals surface area contributed by atoms with Crippen molar-refractivity contribution in [2.75, 3.05) is 12.4 Å². The van der Waals surface area contributed by atoms with E-state index in [0.29, 0.717) is 6.10 Å². The Labute approximate surface area is 59.2 Å². The van der Waals surface area contributed by atoms with E-state index < -0.39 is 0 Å². The molecule has 0 aromatic carbocycles. The molecule has 0 aromatic rings. The smallest absolute Gasteiger partial charge is 0.0572 e. The molecule has 0 aliphatic heterocycles. The fourth-order valence-electron chi connectivity index (χ4n) is 0.315. The molecule has 0 unspecified atom stereocenters. The van der Waals surface area contributed by atoms with E-state index in [1.54, 1.807) is 0 Å². The van der Waals surface area contributed by atoms with E-state index in [1.165, 1.54) is 11.0 Å². The van der Waals surface area contributed by atoms with Gasteiger partial charge in [-0.25, -0.2) is 0 Å². The molecule has 0 aliphatic carbocycles. The number of hydrogen-bond acceptors (Lipinski definition) is 2. The van der Waals surface area contributed by atoms with Gasteiger partial charge in [-0.3, -0.25) is 0 Å². The largest absolute Gasteiger partial charge is 0.378 e. The molecule has 0 aromatic heterocycles. The summed E-state index contributed by atoms with van der Waals surface area (Å²) in [5, 5.41) is 0. The Kier molecular flexibility index (Phi) is 6.16. The molecule has 0 aliphatic rings. The van der Waals surface area contributed by atoms with Crippen molar-refractivity contribution in [2.45, 2.75) is 20.0 Å². The number of halogens is 1. The molecule has 0 saturated carbocycles. The van der Waals surface area contributed by atoms with E-state index in [1.807, 2.05) is 13.8 Å². The highest BCUT2D eigenvalue weighted by molar-refractivity contribution is 8.21. The molecule has 0 amide bonds. The summed E-state index contributed by atoms with van der Waals surface area (Å²) in [5.41, 5.74) is 0. The predicted octanol–water partition coefficient (Wildman–Crippen LogP) is 2.30. The minimum Gasteiger partial charge on any atom is -0.378 e. The van der Waals surface area contributed by atoms with Crippen LogP contribution in [-0.4, -0.2) is 18.5 Å². The normalized spacial score (nSPS) is 10.5. The van der Waals surface area contributed by atoms with Crippen LogP contribution in [0.5, 0.6) is 0 Å². The monoisotopic (exact) mass is 154 g/mol. The molecule has 0 heterocycles. The Morgan fingerprint density at radius 3 is 2.62 bits per heavy atom. The van der Waals surface area contributed by atoms with Crippen LogP contribution >= 0.6 is 21.7 Å². The van der Waals surface area contributed by atoms with E-state index in [0.717, 1.165) is 12.4 Å². The topological polar surface area (TPSA) is 9.23 Å². The Bertz CT molecular complexity index is 49.7. The van der Waals surface area contributed by atoms with Crippen LogP contribution in [0.4, 0.5) is 0 Å². The lowest BCUT2D eigenvalue weighted by molar-refractivity contribution is 0.0921. The van der Waals surface area contributed by atoms with Crippen LogP contribution in [0.15, 0.2) is 0 Å². The standard InChI is InChI=1S/C5H11ClOS/c1-5(2)7-3-4-8-6/h5H,3-4H2,1-2H3. The predicted molar refractivity (Wildman–Crippen MR) is 39.4 cm³/mol. The molecule has 3 heteroatoms. The van der Waals surface area contributed by atoms with Crippen molar-refractivity contribution in [2.24, 2.45) is 0 Å². The SMILES string of the molecule is CC(C)OCCSCl. The fraction of sp³-hybridized carbons (Fsp3) is 1.00. The molecule has 1 nitrogen and oxygen atoms in total. The van der Waals surface area contributed by atoms with Crippen molar-refractivity contribution >= 4 is 21.7 Å². The number of hydrogen-bond donors (Lipinski definition) is 0. The highest BCUT2D eigenvalue weighted by Gasteiger charge is 1.90. The molecular formula is C5H11ClOS. The van der Waals surface area contributed by atoms with Crippen LogP contribution in [0.25, 0.3) is 0 Å². The first kappa shape index (κ1) is 8.60. The summed E-state index contributed by atoms with van der Waals surface area (Å²) in [5.74, 6) is 0.875. The molecule has 0 spiro atoms. The van der Waals surface area contributed by atoms with Gasteiger partial charge in [0.05, 0.1) is 12.7 Å². The Balaban J connectivity index is 2.72. The maximum Gasteiger partial charge on any atom is 0.0572 e. The van der Waals surface area contributed by atoms with E-state index >= 15 is 0 Å². The zero-order chi connectivity index (χ0) is 6.41. The first-order chi connectivity index (χ1) is 3.77. The Morgan fingerprint density at radius 2 is 2.25 bits per heavy atom. The minimum atomic E-state index is 0.332. The first-order valence-corrected chi connectivity index (χ1v) is 4.43. The van der Waals surface area contributed by atoms with Gasteiger partial charge in [0.15, 0.2) is 0 Å². The fourth-order valence-corrected chi connectivity index (χ4v) is 0.664. The van der Waals surface area contributed by atoms with Gasteiger partial charge in [0.1, 0.15) is 0 Å². The van der Waals surface area contributed by atoms with Crippen molar-refractivity contribution in [3.8, 4) is 0 Å². The average molecular weight is 155 g/mol. The Morgan fingerprint density at radius 1 is 1.62 bits per heavy atom. The second kappa shape index (κ2) is 5.73. The molecule has 0 radical (unpaired) electrons.